The summed E-state index contributed by atoms with van der Waals surface area (Å²) in [5, 5.41) is 11.2. The van der Waals surface area contributed by atoms with E-state index < -0.39 is 14.9 Å². The summed E-state index contributed by atoms with van der Waals surface area (Å²) in [5.74, 6) is 0.491. The summed E-state index contributed by atoms with van der Waals surface area (Å²) in [6.07, 6.45) is 1.06. The lowest BCUT2D eigenvalue weighted by molar-refractivity contribution is -0.384. The van der Waals surface area contributed by atoms with E-state index in [4.69, 9.17) is 4.74 Å². The van der Waals surface area contributed by atoms with Crippen molar-refractivity contribution in [3.8, 4) is 11.5 Å². The van der Waals surface area contributed by atoms with Crippen molar-refractivity contribution in [3.63, 3.8) is 0 Å². The number of sulfonamides is 1. The Hall–Kier alpha value is -3.39. The van der Waals surface area contributed by atoms with Gasteiger partial charge in [-0.25, -0.2) is 12.7 Å². The van der Waals surface area contributed by atoms with Crippen molar-refractivity contribution < 1.29 is 18.1 Å². The molecule has 138 valence electrons. The van der Waals surface area contributed by atoms with Crippen molar-refractivity contribution >= 4 is 27.1 Å². The third-order valence-electron chi connectivity index (χ3n) is 3.67. The van der Waals surface area contributed by atoms with Gasteiger partial charge in [-0.2, -0.15) is 0 Å². The lowest BCUT2D eigenvalue weighted by atomic mass is 10.2. The molecule has 0 atom stereocenters. The van der Waals surface area contributed by atoms with Crippen LogP contribution in [0.3, 0.4) is 0 Å². The van der Waals surface area contributed by atoms with Crippen molar-refractivity contribution in [2.75, 3.05) is 10.6 Å². The average Bonchev–Trinajstić information content (AvgIpc) is 2.63. The molecule has 7 nitrogen and oxygen atoms in total. The Balaban J connectivity index is 2.18. The van der Waals surface area contributed by atoms with Crippen LogP contribution in [0, 0.1) is 10.1 Å². The highest BCUT2D eigenvalue weighted by atomic mass is 32.2. The molecule has 3 aromatic carbocycles. The molecule has 0 saturated heterocycles. The first-order chi connectivity index (χ1) is 12.9. The van der Waals surface area contributed by atoms with Gasteiger partial charge in [0.05, 0.1) is 22.9 Å². The van der Waals surface area contributed by atoms with Gasteiger partial charge < -0.3 is 4.74 Å². The summed E-state index contributed by atoms with van der Waals surface area (Å²) in [6, 6.07) is 20.9. The standard InChI is InChI=1S/C19H16N2O5S/c1-27(24,25)20(15-8-4-2-5-9-15)18-13-12-16(21(22)23)14-19(18)26-17-10-6-3-7-11-17/h2-14H,1H3. The first kappa shape index (κ1) is 18.4. The Morgan fingerprint density at radius 1 is 0.926 bits per heavy atom. The second kappa shape index (κ2) is 7.46. The lowest BCUT2D eigenvalue weighted by Crippen LogP contribution is -2.25. The highest BCUT2D eigenvalue weighted by Gasteiger charge is 2.25. The monoisotopic (exact) mass is 384 g/mol. The number of nitro groups is 1. The molecule has 0 bridgehead atoms. The van der Waals surface area contributed by atoms with Gasteiger partial charge >= 0.3 is 0 Å². The highest BCUT2D eigenvalue weighted by Crippen LogP contribution is 2.40. The van der Waals surface area contributed by atoms with Crippen LogP contribution in [0.25, 0.3) is 0 Å². The van der Waals surface area contributed by atoms with Crippen LogP contribution in [0.4, 0.5) is 17.1 Å². The fraction of sp³-hybridized carbons (Fsp3) is 0.0526. The molecule has 0 heterocycles. The van der Waals surface area contributed by atoms with Gasteiger partial charge in [-0.15, -0.1) is 0 Å². The number of para-hydroxylation sites is 2. The van der Waals surface area contributed by atoms with Gasteiger partial charge in [0.1, 0.15) is 11.4 Å². The molecule has 0 spiro atoms. The Bertz CT molecular complexity index is 1050. The molecule has 0 aliphatic rings. The van der Waals surface area contributed by atoms with Crippen LogP contribution in [0.5, 0.6) is 11.5 Å². The van der Waals surface area contributed by atoms with E-state index in [2.05, 4.69) is 0 Å². The number of benzene rings is 3. The predicted octanol–water partition coefficient (Wildman–Crippen LogP) is 4.48. The van der Waals surface area contributed by atoms with Crippen LogP contribution >= 0.6 is 0 Å². The van der Waals surface area contributed by atoms with E-state index in [0.29, 0.717) is 11.4 Å². The number of hydrogen-bond acceptors (Lipinski definition) is 5. The van der Waals surface area contributed by atoms with Gasteiger partial charge in [0, 0.05) is 6.07 Å². The van der Waals surface area contributed by atoms with Crippen molar-refractivity contribution in [1.82, 2.24) is 0 Å². The molecule has 0 fully saturated rings. The van der Waals surface area contributed by atoms with E-state index >= 15 is 0 Å². The van der Waals surface area contributed by atoms with E-state index in [-0.39, 0.29) is 17.1 Å². The van der Waals surface area contributed by atoms with E-state index in [9.17, 15) is 18.5 Å². The van der Waals surface area contributed by atoms with Crippen LogP contribution in [-0.2, 0) is 10.0 Å². The van der Waals surface area contributed by atoms with E-state index in [0.717, 1.165) is 10.6 Å². The Morgan fingerprint density at radius 2 is 1.52 bits per heavy atom. The first-order valence-corrected chi connectivity index (χ1v) is 9.78. The zero-order valence-corrected chi connectivity index (χ0v) is 15.2. The van der Waals surface area contributed by atoms with Gasteiger partial charge in [0.25, 0.3) is 5.69 Å². The van der Waals surface area contributed by atoms with Crippen LogP contribution in [0.1, 0.15) is 0 Å². The van der Waals surface area contributed by atoms with Crippen LogP contribution in [0.2, 0.25) is 0 Å². The summed E-state index contributed by atoms with van der Waals surface area (Å²) >= 11 is 0. The second-order valence-electron chi connectivity index (χ2n) is 5.69. The number of rotatable bonds is 6. The normalized spacial score (nSPS) is 11.0. The second-order valence-corrected chi connectivity index (χ2v) is 7.52. The number of ether oxygens (including phenoxy) is 1. The lowest BCUT2D eigenvalue weighted by Gasteiger charge is -2.24. The summed E-state index contributed by atoms with van der Waals surface area (Å²) < 4.78 is 31.9. The number of nitro benzene ring substituents is 1. The molecule has 8 heteroatoms. The summed E-state index contributed by atoms with van der Waals surface area (Å²) in [6.45, 7) is 0. The third-order valence-corrected chi connectivity index (χ3v) is 4.74. The third kappa shape index (κ3) is 4.24. The summed E-state index contributed by atoms with van der Waals surface area (Å²) in [5.41, 5.74) is 0.371. The molecule has 0 unspecified atom stereocenters. The molecule has 27 heavy (non-hydrogen) atoms. The molecular formula is C19H16N2O5S. The molecule has 0 amide bonds. The van der Waals surface area contributed by atoms with Crippen molar-refractivity contribution in [3.05, 3.63) is 89.0 Å². The molecule has 3 rings (SSSR count). The zero-order chi connectivity index (χ0) is 19.4. The minimum absolute atomic E-state index is 0.0599. The number of nitrogens with zero attached hydrogens (tertiary/aromatic N) is 2. The Kier molecular flexibility index (Phi) is 5.09. The minimum Gasteiger partial charge on any atom is -0.455 e. The van der Waals surface area contributed by atoms with Crippen molar-refractivity contribution in [1.29, 1.82) is 0 Å². The van der Waals surface area contributed by atoms with Crippen LogP contribution in [0.15, 0.2) is 78.9 Å². The maximum atomic E-state index is 12.5. The molecular weight excluding hydrogens is 368 g/mol. The summed E-state index contributed by atoms with van der Waals surface area (Å²) in [4.78, 5) is 10.6. The molecule has 0 aliphatic carbocycles. The van der Waals surface area contributed by atoms with Crippen LogP contribution < -0.4 is 9.04 Å². The van der Waals surface area contributed by atoms with E-state index in [1.54, 1.807) is 60.7 Å². The maximum absolute atomic E-state index is 12.5. The Labute approximate surface area is 156 Å². The largest absolute Gasteiger partial charge is 0.455 e. The fourth-order valence-electron chi connectivity index (χ4n) is 2.55. The van der Waals surface area contributed by atoms with Crippen LogP contribution in [-0.4, -0.2) is 19.6 Å². The number of non-ortho nitro benzene ring substituents is 1. The molecule has 0 N–H and O–H groups in total. The van der Waals surface area contributed by atoms with Gasteiger partial charge in [-0.3, -0.25) is 10.1 Å². The molecule has 0 saturated carbocycles. The molecule has 0 aromatic heterocycles. The quantitative estimate of drug-likeness (QED) is 0.461. The van der Waals surface area contributed by atoms with Gasteiger partial charge in [0.2, 0.25) is 10.0 Å². The highest BCUT2D eigenvalue weighted by molar-refractivity contribution is 7.92. The van der Waals surface area contributed by atoms with E-state index in [1.165, 1.54) is 18.2 Å². The van der Waals surface area contributed by atoms with Crippen molar-refractivity contribution in [2.24, 2.45) is 0 Å². The average molecular weight is 384 g/mol. The van der Waals surface area contributed by atoms with E-state index in [1.807, 2.05) is 0 Å². The van der Waals surface area contributed by atoms with Gasteiger partial charge in [0.15, 0.2) is 5.75 Å². The fourth-order valence-corrected chi connectivity index (χ4v) is 3.57. The SMILES string of the molecule is CS(=O)(=O)N(c1ccccc1)c1ccc([N+](=O)[O-])cc1Oc1ccccc1. The topological polar surface area (TPSA) is 89.8 Å². The molecule has 3 aromatic rings. The van der Waals surface area contributed by atoms with Crippen molar-refractivity contribution in [2.45, 2.75) is 0 Å². The number of anilines is 2. The smallest absolute Gasteiger partial charge is 0.273 e. The zero-order valence-electron chi connectivity index (χ0n) is 14.3. The molecule has 0 radical (unpaired) electrons. The summed E-state index contributed by atoms with van der Waals surface area (Å²) in [7, 11) is -3.74. The van der Waals surface area contributed by atoms with Gasteiger partial charge in [-0.1, -0.05) is 36.4 Å². The minimum atomic E-state index is -3.74. The predicted molar refractivity (Wildman–Crippen MR) is 103 cm³/mol. The van der Waals surface area contributed by atoms with Gasteiger partial charge in [-0.05, 0) is 30.3 Å². The Morgan fingerprint density at radius 3 is 2.07 bits per heavy atom. The maximum Gasteiger partial charge on any atom is 0.273 e. The molecule has 0 aliphatic heterocycles. The first-order valence-electron chi connectivity index (χ1n) is 7.93. The number of hydrogen-bond donors (Lipinski definition) is 0.